The lowest BCUT2D eigenvalue weighted by Gasteiger charge is -2.07. The van der Waals surface area contributed by atoms with E-state index in [1.54, 1.807) is 0 Å². The predicted octanol–water partition coefficient (Wildman–Crippen LogP) is 3.42. The van der Waals surface area contributed by atoms with Crippen LogP contribution < -0.4 is 5.73 Å². The van der Waals surface area contributed by atoms with E-state index in [0.29, 0.717) is 5.56 Å². The SMILES string of the molecule is [NH]C(=O)c1c2ccccc2cc2ccccc12. The van der Waals surface area contributed by atoms with Gasteiger partial charge in [0.1, 0.15) is 0 Å². The summed E-state index contributed by atoms with van der Waals surface area (Å²) >= 11 is 0. The molecule has 1 amide bonds. The molecule has 2 heteroatoms. The zero-order valence-corrected chi connectivity index (χ0v) is 9.10. The summed E-state index contributed by atoms with van der Waals surface area (Å²) in [5.74, 6) is -0.627. The Morgan fingerprint density at radius 1 is 0.824 bits per heavy atom. The largest absolute Gasteiger partial charge is 0.270 e. The molecule has 0 aliphatic rings. The van der Waals surface area contributed by atoms with Crippen molar-refractivity contribution in [3.05, 3.63) is 60.2 Å². The van der Waals surface area contributed by atoms with Crippen LogP contribution in [0.25, 0.3) is 21.5 Å². The third kappa shape index (κ3) is 1.46. The summed E-state index contributed by atoms with van der Waals surface area (Å²) in [6.07, 6.45) is 0. The molecule has 17 heavy (non-hydrogen) atoms. The highest BCUT2D eigenvalue weighted by Crippen LogP contribution is 2.28. The summed E-state index contributed by atoms with van der Waals surface area (Å²) in [5.41, 5.74) is 7.94. The molecule has 0 atom stereocenters. The van der Waals surface area contributed by atoms with Gasteiger partial charge in [0.2, 0.25) is 0 Å². The molecule has 0 bridgehead atoms. The number of carbonyl (C=O) groups excluding carboxylic acids is 1. The molecule has 0 fully saturated rings. The van der Waals surface area contributed by atoms with Crippen molar-refractivity contribution in [2.45, 2.75) is 0 Å². The second-order valence-electron chi connectivity index (χ2n) is 4.02. The van der Waals surface area contributed by atoms with E-state index in [2.05, 4.69) is 6.07 Å². The minimum absolute atomic E-state index is 0.499. The van der Waals surface area contributed by atoms with Crippen molar-refractivity contribution in [3.8, 4) is 0 Å². The number of hydrogen-bond acceptors (Lipinski definition) is 1. The van der Waals surface area contributed by atoms with E-state index in [1.807, 2.05) is 48.5 Å². The molecule has 81 valence electrons. The number of benzene rings is 3. The fraction of sp³-hybridized carbons (Fsp3) is 0. The van der Waals surface area contributed by atoms with Gasteiger partial charge in [-0.3, -0.25) is 10.5 Å². The first-order chi connectivity index (χ1) is 8.27. The molecule has 0 heterocycles. The van der Waals surface area contributed by atoms with Crippen molar-refractivity contribution in [1.29, 1.82) is 0 Å². The molecule has 1 N–H and O–H groups in total. The first kappa shape index (κ1) is 9.85. The normalized spacial score (nSPS) is 10.8. The molecule has 0 unspecified atom stereocenters. The Hall–Kier alpha value is -2.35. The van der Waals surface area contributed by atoms with Crippen LogP contribution in [0.4, 0.5) is 0 Å². The van der Waals surface area contributed by atoms with E-state index < -0.39 is 5.91 Å². The van der Waals surface area contributed by atoms with Gasteiger partial charge in [0, 0.05) is 0 Å². The lowest BCUT2D eigenvalue weighted by atomic mass is 9.96. The maximum Gasteiger partial charge on any atom is 0.270 e. The number of amides is 1. The molecule has 2 nitrogen and oxygen atoms in total. The lowest BCUT2D eigenvalue weighted by Crippen LogP contribution is -2.01. The molecule has 0 aliphatic carbocycles. The maximum absolute atomic E-state index is 11.5. The molecule has 0 saturated heterocycles. The zero-order valence-electron chi connectivity index (χ0n) is 9.10. The molecule has 3 aromatic carbocycles. The quantitative estimate of drug-likeness (QED) is 0.579. The fourth-order valence-corrected chi connectivity index (χ4v) is 2.26. The van der Waals surface area contributed by atoms with Crippen LogP contribution in [-0.4, -0.2) is 5.91 Å². The van der Waals surface area contributed by atoms with Crippen LogP contribution >= 0.6 is 0 Å². The van der Waals surface area contributed by atoms with Gasteiger partial charge >= 0.3 is 0 Å². The second-order valence-corrected chi connectivity index (χ2v) is 4.02. The zero-order chi connectivity index (χ0) is 11.8. The number of hydrogen-bond donors (Lipinski definition) is 0. The Balaban J connectivity index is 2.61. The second kappa shape index (κ2) is 3.59. The van der Waals surface area contributed by atoms with Crippen LogP contribution in [0.5, 0.6) is 0 Å². The molecule has 1 radical (unpaired) electrons. The van der Waals surface area contributed by atoms with Gasteiger partial charge < -0.3 is 0 Å². The molecule has 0 saturated carbocycles. The van der Waals surface area contributed by atoms with Crippen molar-refractivity contribution in [2.75, 3.05) is 0 Å². The van der Waals surface area contributed by atoms with Gasteiger partial charge in [-0.1, -0.05) is 48.5 Å². The third-order valence-corrected chi connectivity index (χ3v) is 3.00. The van der Waals surface area contributed by atoms with Crippen molar-refractivity contribution in [3.63, 3.8) is 0 Å². The van der Waals surface area contributed by atoms with Crippen molar-refractivity contribution >= 4 is 27.5 Å². The molecular weight excluding hydrogens is 210 g/mol. The summed E-state index contributed by atoms with van der Waals surface area (Å²) < 4.78 is 0. The van der Waals surface area contributed by atoms with Crippen LogP contribution in [0.2, 0.25) is 0 Å². The van der Waals surface area contributed by atoms with Crippen LogP contribution in [0.1, 0.15) is 10.4 Å². The fourth-order valence-electron chi connectivity index (χ4n) is 2.26. The van der Waals surface area contributed by atoms with E-state index in [1.165, 1.54) is 0 Å². The first-order valence-corrected chi connectivity index (χ1v) is 5.44. The molecule has 0 aliphatic heterocycles. The predicted molar refractivity (Wildman–Crippen MR) is 68.9 cm³/mol. The number of rotatable bonds is 1. The molecule has 0 spiro atoms. The van der Waals surface area contributed by atoms with Gasteiger partial charge in [-0.05, 0) is 27.6 Å². The van der Waals surface area contributed by atoms with Crippen LogP contribution in [0, 0.1) is 0 Å². The minimum Gasteiger partial charge on any atom is -0.267 e. The van der Waals surface area contributed by atoms with Gasteiger partial charge in [0.05, 0.1) is 5.56 Å². The topological polar surface area (TPSA) is 40.9 Å². The Bertz CT molecular complexity index is 677. The summed E-state index contributed by atoms with van der Waals surface area (Å²) in [6.45, 7) is 0. The smallest absolute Gasteiger partial charge is 0.267 e. The Morgan fingerprint density at radius 2 is 1.29 bits per heavy atom. The lowest BCUT2D eigenvalue weighted by molar-refractivity contribution is 0.0995. The van der Waals surface area contributed by atoms with E-state index in [9.17, 15) is 4.79 Å². The van der Waals surface area contributed by atoms with E-state index in [0.717, 1.165) is 21.5 Å². The van der Waals surface area contributed by atoms with Crippen LogP contribution in [0.3, 0.4) is 0 Å². The summed E-state index contributed by atoms with van der Waals surface area (Å²) in [4.78, 5) is 11.5. The standard InChI is InChI=1S/C15H10NO/c16-15(17)14-12-7-3-1-5-10(12)9-11-6-2-4-8-13(11)14/h1-9,16H. The number of fused-ring (bicyclic) bond motifs is 2. The van der Waals surface area contributed by atoms with E-state index in [4.69, 9.17) is 5.73 Å². The van der Waals surface area contributed by atoms with Gasteiger partial charge in [0.15, 0.2) is 0 Å². The Labute approximate surface area is 98.7 Å². The van der Waals surface area contributed by atoms with E-state index in [-0.39, 0.29) is 0 Å². The van der Waals surface area contributed by atoms with Gasteiger partial charge in [0.25, 0.3) is 5.91 Å². The maximum atomic E-state index is 11.5. The molecule has 3 aromatic rings. The van der Waals surface area contributed by atoms with Gasteiger partial charge in [-0.15, -0.1) is 0 Å². The average Bonchev–Trinajstić information content (AvgIpc) is 2.35. The summed E-state index contributed by atoms with van der Waals surface area (Å²) in [5, 5.41) is 3.71. The summed E-state index contributed by atoms with van der Waals surface area (Å²) in [7, 11) is 0. The highest BCUT2D eigenvalue weighted by molar-refractivity contribution is 6.17. The first-order valence-electron chi connectivity index (χ1n) is 5.44. The van der Waals surface area contributed by atoms with Crippen LogP contribution in [0.15, 0.2) is 54.6 Å². The Kier molecular flexibility index (Phi) is 2.08. The average molecular weight is 220 g/mol. The third-order valence-electron chi connectivity index (χ3n) is 3.00. The highest BCUT2D eigenvalue weighted by atomic mass is 16.1. The van der Waals surface area contributed by atoms with Crippen LogP contribution in [-0.2, 0) is 0 Å². The molecular formula is C15H10NO. The highest BCUT2D eigenvalue weighted by Gasteiger charge is 2.11. The van der Waals surface area contributed by atoms with Crippen molar-refractivity contribution in [2.24, 2.45) is 0 Å². The van der Waals surface area contributed by atoms with Crippen molar-refractivity contribution < 1.29 is 4.79 Å². The molecule has 0 aromatic heterocycles. The Morgan fingerprint density at radius 3 is 1.76 bits per heavy atom. The number of nitrogens with one attached hydrogen (secondary N) is 1. The summed E-state index contributed by atoms with van der Waals surface area (Å²) in [6, 6.07) is 17.4. The molecule has 3 rings (SSSR count). The van der Waals surface area contributed by atoms with E-state index >= 15 is 0 Å². The van der Waals surface area contributed by atoms with Gasteiger partial charge in [-0.25, -0.2) is 0 Å². The number of carbonyl (C=O) groups is 1. The monoisotopic (exact) mass is 220 g/mol. The van der Waals surface area contributed by atoms with Crippen molar-refractivity contribution in [1.82, 2.24) is 5.73 Å². The van der Waals surface area contributed by atoms with Gasteiger partial charge in [-0.2, -0.15) is 0 Å². The minimum atomic E-state index is -0.627.